The van der Waals surface area contributed by atoms with E-state index in [2.05, 4.69) is 15.0 Å². The molecule has 0 bridgehead atoms. The zero-order valence-corrected chi connectivity index (χ0v) is 13.3. The van der Waals surface area contributed by atoms with Gasteiger partial charge in [0, 0.05) is 47.2 Å². The molecular weight excluding hydrogens is 319 g/mol. The minimum absolute atomic E-state index is 0.0205. The Morgan fingerprint density at radius 1 is 1.16 bits per heavy atom. The Balaban J connectivity index is 1.50. The Labute approximate surface area is 142 Å². The number of nitrogens with one attached hydrogen (secondary N) is 2. The van der Waals surface area contributed by atoms with Crippen molar-refractivity contribution in [1.29, 1.82) is 0 Å². The molecule has 1 aliphatic rings. The predicted octanol–water partition coefficient (Wildman–Crippen LogP) is 3.38. The predicted molar refractivity (Wildman–Crippen MR) is 92.8 cm³/mol. The third kappa shape index (κ3) is 2.21. The van der Waals surface area contributed by atoms with Gasteiger partial charge in [-0.1, -0.05) is 0 Å². The van der Waals surface area contributed by atoms with Crippen LogP contribution in [0.4, 0.5) is 4.39 Å². The van der Waals surface area contributed by atoms with E-state index in [1.807, 2.05) is 17.0 Å². The quantitative estimate of drug-likeness (QED) is 0.560. The number of aromatic amines is 2. The monoisotopic (exact) mass is 334 g/mol. The van der Waals surface area contributed by atoms with E-state index in [4.69, 9.17) is 0 Å². The molecule has 0 saturated heterocycles. The largest absolute Gasteiger partial charge is 0.358 e. The van der Waals surface area contributed by atoms with Crippen LogP contribution in [0.25, 0.3) is 21.9 Å². The SMILES string of the molecule is O=C(c1ccc2nc[nH]c2c1)N1CCc2[nH]c3ccc(F)cc3c2C1. The van der Waals surface area contributed by atoms with Gasteiger partial charge in [0.2, 0.25) is 0 Å². The maximum atomic E-state index is 13.6. The Morgan fingerprint density at radius 2 is 2.08 bits per heavy atom. The van der Waals surface area contributed by atoms with Crippen LogP contribution in [0.2, 0.25) is 0 Å². The molecule has 124 valence electrons. The molecule has 0 spiro atoms. The van der Waals surface area contributed by atoms with Crippen molar-refractivity contribution >= 4 is 27.8 Å². The lowest BCUT2D eigenvalue weighted by atomic mass is 10.0. The van der Waals surface area contributed by atoms with Crippen molar-refractivity contribution in [3.05, 3.63) is 65.4 Å². The number of rotatable bonds is 1. The van der Waals surface area contributed by atoms with E-state index in [1.165, 1.54) is 12.1 Å². The number of halogens is 1. The molecule has 2 aromatic heterocycles. The third-order valence-electron chi connectivity index (χ3n) is 4.89. The fraction of sp³-hybridized carbons (Fsp3) is 0.158. The topological polar surface area (TPSA) is 64.8 Å². The van der Waals surface area contributed by atoms with Crippen LogP contribution in [0.3, 0.4) is 0 Å². The van der Waals surface area contributed by atoms with Crippen molar-refractivity contribution < 1.29 is 9.18 Å². The Kier molecular flexibility index (Phi) is 2.94. The molecule has 0 radical (unpaired) electrons. The van der Waals surface area contributed by atoms with Gasteiger partial charge in [0.15, 0.2) is 0 Å². The van der Waals surface area contributed by atoms with Crippen LogP contribution in [-0.4, -0.2) is 32.3 Å². The molecular formula is C19H15FN4O. The van der Waals surface area contributed by atoms with Crippen molar-refractivity contribution in [3.8, 4) is 0 Å². The van der Waals surface area contributed by atoms with Gasteiger partial charge < -0.3 is 14.9 Å². The number of carbonyl (C=O) groups is 1. The molecule has 6 heteroatoms. The standard InChI is InChI=1S/C19H15FN4O/c20-12-2-4-15-13(8-12)14-9-24(6-5-16(14)23-15)19(25)11-1-3-17-18(7-11)22-10-21-17/h1-4,7-8,10,23H,5-6,9H2,(H,21,22). The summed E-state index contributed by atoms with van der Waals surface area (Å²) in [6, 6.07) is 10.2. The van der Waals surface area contributed by atoms with Gasteiger partial charge in [-0.2, -0.15) is 0 Å². The number of amides is 1. The second kappa shape index (κ2) is 5.17. The summed E-state index contributed by atoms with van der Waals surface area (Å²) >= 11 is 0. The maximum Gasteiger partial charge on any atom is 0.254 e. The van der Waals surface area contributed by atoms with Crippen LogP contribution in [0, 0.1) is 5.82 Å². The first-order valence-corrected chi connectivity index (χ1v) is 8.20. The Hall–Kier alpha value is -3.15. The highest BCUT2D eigenvalue weighted by atomic mass is 19.1. The average Bonchev–Trinajstić information content (AvgIpc) is 3.24. The molecule has 1 amide bonds. The van der Waals surface area contributed by atoms with Crippen LogP contribution < -0.4 is 0 Å². The number of aromatic nitrogens is 3. The molecule has 0 saturated carbocycles. The normalized spacial score (nSPS) is 14.2. The molecule has 1 aliphatic heterocycles. The maximum absolute atomic E-state index is 13.6. The molecule has 0 fully saturated rings. The summed E-state index contributed by atoms with van der Waals surface area (Å²) in [6.45, 7) is 1.13. The van der Waals surface area contributed by atoms with E-state index in [0.717, 1.165) is 39.6 Å². The Bertz CT molecular complexity index is 1130. The number of hydrogen-bond donors (Lipinski definition) is 2. The highest BCUT2D eigenvalue weighted by Gasteiger charge is 2.25. The van der Waals surface area contributed by atoms with Crippen LogP contribution in [0.1, 0.15) is 21.6 Å². The van der Waals surface area contributed by atoms with Crippen LogP contribution in [0.15, 0.2) is 42.7 Å². The number of imidazole rings is 1. The summed E-state index contributed by atoms with van der Waals surface area (Å²) in [7, 11) is 0. The highest BCUT2D eigenvalue weighted by molar-refractivity contribution is 5.98. The Morgan fingerprint density at radius 3 is 3.00 bits per heavy atom. The van der Waals surface area contributed by atoms with Crippen molar-refractivity contribution in [2.45, 2.75) is 13.0 Å². The van der Waals surface area contributed by atoms with Gasteiger partial charge in [-0.15, -0.1) is 0 Å². The highest BCUT2D eigenvalue weighted by Crippen LogP contribution is 2.29. The van der Waals surface area contributed by atoms with Crippen LogP contribution in [0.5, 0.6) is 0 Å². The fourth-order valence-corrected chi connectivity index (χ4v) is 3.61. The molecule has 0 atom stereocenters. The van der Waals surface area contributed by atoms with Crippen molar-refractivity contribution in [3.63, 3.8) is 0 Å². The number of benzene rings is 2. The third-order valence-corrected chi connectivity index (χ3v) is 4.89. The summed E-state index contributed by atoms with van der Waals surface area (Å²) in [5.74, 6) is -0.282. The van der Waals surface area contributed by atoms with Crippen molar-refractivity contribution in [2.24, 2.45) is 0 Å². The molecule has 2 aromatic carbocycles. The van der Waals surface area contributed by atoms with E-state index in [9.17, 15) is 9.18 Å². The fourth-order valence-electron chi connectivity index (χ4n) is 3.61. The molecule has 4 aromatic rings. The van der Waals surface area contributed by atoms with Gasteiger partial charge in [-0.25, -0.2) is 9.37 Å². The molecule has 0 aliphatic carbocycles. The first kappa shape index (κ1) is 14.2. The van der Waals surface area contributed by atoms with Gasteiger partial charge in [-0.3, -0.25) is 4.79 Å². The number of carbonyl (C=O) groups excluding carboxylic acids is 1. The van der Waals surface area contributed by atoms with E-state index in [1.54, 1.807) is 18.5 Å². The molecule has 3 heterocycles. The summed E-state index contributed by atoms with van der Waals surface area (Å²) in [6.07, 6.45) is 2.36. The minimum Gasteiger partial charge on any atom is -0.358 e. The lowest BCUT2D eigenvalue weighted by Gasteiger charge is -2.27. The molecule has 0 unspecified atom stereocenters. The molecule has 5 nitrogen and oxygen atoms in total. The number of hydrogen-bond acceptors (Lipinski definition) is 2. The number of nitrogens with zero attached hydrogens (tertiary/aromatic N) is 2. The first-order valence-electron chi connectivity index (χ1n) is 8.20. The lowest BCUT2D eigenvalue weighted by Crippen LogP contribution is -2.35. The van der Waals surface area contributed by atoms with Gasteiger partial charge in [-0.05, 0) is 36.4 Å². The summed E-state index contributed by atoms with van der Waals surface area (Å²) < 4.78 is 13.6. The van der Waals surface area contributed by atoms with Crippen molar-refractivity contribution in [2.75, 3.05) is 6.54 Å². The number of H-pyrrole nitrogens is 2. The molecule has 2 N–H and O–H groups in total. The lowest BCUT2D eigenvalue weighted by molar-refractivity contribution is 0.0735. The van der Waals surface area contributed by atoms with Crippen LogP contribution >= 0.6 is 0 Å². The first-order chi connectivity index (χ1) is 12.2. The smallest absolute Gasteiger partial charge is 0.254 e. The van der Waals surface area contributed by atoms with E-state index < -0.39 is 0 Å². The van der Waals surface area contributed by atoms with Crippen molar-refractivity contribution in [1.82, 2.24) is 19.9 Å². The average molecular weight is 334 g/mol. The second-order valence-electron chi connectivity index (χ2n) is 6.38. The number of fused-ring (bicyclic) bond motifs is 4. The van der Waals surface area contributed by atoms with Gasteiger partial charge >= 0.3 is 0 Å². The summed E-state index contributed by atoms with van der Waals surface area (Å²) in [5, 5.41) is 0.858. The minimum atomic E-state index is -0.262. The molecule has 25 heavy (non-hydrogen) atoms. The van der Waals surface area contributed by atoms with Gasteiger partial charge in [0.25, 0.3) is 5.91 Å². The second-order valence-corrected chi connectivity index (χ2v) is 6.38. The van der Waals surface area contributed by atoms with E-state index in [-0.39, 0.29) is 11.7 Å². The van der Waals surface area contributed by atoms with Gasteiger partial charge in [0.1, 0.15) is 5.82 Å². The van der Waals surface area contributed by atoms with Crippen LogP contribution in [-0.2, 0) is 13.0 Å². The van der Waals surface area contributed by atoms with E-state index in [0.29, 0.717) is 18.7 Å². The van der Waals surface area contributed by atoms with E-state index >= 15 is 0 Å². The molecule has 5 rings (SSSR count). The summed E-state index contributed by atoms with van der Waals surface area (Å²) in [5.41, 5.74) is 5.33. The van der Waals surface area contributed by atoms with Gasteiger partial charge in [0.05, 0.1) is 17.4 Å². The zero-order valence-electron chi connectivity index (χ0n) is 13.3. The summed E-state index contributed by atoms with van der Waals surface area (Å²) in [4.78, 5) is 25.3. The zero-order chi connectivity index (χ0) is 17.0.